The van der Waals surface area contributed by atoms with Crippen LogP contribution in [0, 0.1) is 0 Å². The SMILES string of the molecule is CCc1ccccc1N(CCC(=O)Nc1cccc(Br)c1)C(C)=O. The van der Waals surface area contributed by atoms with E-state index < -0.39 is 0 Å². The van der Waals surface area contributed by atoms with Gasteiger partial charge in [-0.05, 0) is 36.2 Å². The maximum atomic E-state index is 12.2. The molecule has 0 spiro atoms. The van der Waals surface area contributed by atoms with Crippen LogP contribution in [0.15, 0.2) is 53.0 Å². The molecule has 2 aromatic carbocycles. The van der Waals surface area contributed by atoms with E-state index in [-0.39, 0.29) is 18.2 Å². The Morgan fingerprint density at radius 2 is 1.88 bits per heavy atom. The number of benzene rings is 2. The predicted octanol–water partition coefficient (Wildman–Crippen LogP) is 4.39. The van der Waals surface area contributed by atoms with E-state index in [2.05, 4.69) is 28.2 Å². The van der Waals surface area contributed by atoms with Crippen LogP contribution in [-0.4, -0.2) is 18.4 Å². The molecule has 24 heavy (non-hydrogen) atoms. The van der Waals surface area contributed by atoms with Crippen LogP contribution in [-0.2, 0) is 16.0 Å². The van der Waals surface area contributed by atoms with Gasteiger partial charge in [-0.1, -0.05) is 47.1 Å². The van der Waals surface area contributed by atoms with E-state index in [4.69, 9.17) is 0 Å². The molecule has 0 radical (unpaired) electrons. The first kappa shape index (κ1) is 18.2. The second-order valence-corrected chi connectivity index (χ2v) is 6.38. The van der Waals surface area contributed by atoms with Gasteiger partial charge in [0.1, 0.15) is 0 Å². The Morgan fingerprint density at radius 3 is 2.54 bits per heavy atom. The second kappa shape index (κ2) is 8.64. The zero-order valence-electron chi connectivity index (χ0n) is 13.9. The number of para-hydroxylation sites is 1. The second-order valence-electron chi connectivity index (χ2n) is 5.46. The number of nitrogens with zero attached hydrogens (tertiary/aromatic N) is 1. The minimum absolute atomic E-state index is 0.0637. The number of rotatable bonds is 6. The molecule has 2 amide bonds. The van der Waals surface area contributed by atoms with E-state index in [9.17, 15) is 9.59 Å². The molecular weight excluding hydrogens is 368 g/mol. The summed E-state index contributed by atoms with van der Waals surface area (Å²) in [5.41, 5.74) is 2.71. The zero-order chi connectivity index (χ0) is 17.5. The van der Waals surface area contributed by atoms with Crippen molar-refractivity contribution in [3.05, 3.63) is 58.6 Å². The van der Waals surface area contributed by atoms with Crippen LogP contribution in [0.25, 0.3) is 0 Å². The summed E-state index contributed by atoms with van der Waals surface area (Å²) in [6.45, 7) is 3.93. The van der Waals surface area contributed by atoms with Crippen molar-refractivity contribution in [3.63, 3.8) is 0 Å². The lowest BCUT2D eigenvalue weighted by Crippen LogP contribution is -2.32. The van der Waals surface area contributed by atoms with Gasteiger partial charge in [-0.2, -0.15) is 0 Å². The first-order valence-electron chi connectivity index (χ1n) is 7.92. The van der Waals surface area contributed by atoms with Crippen molar-refractivity contribution in [1.82, 2.24) is 0 Å². The van der Waals surface area contributed by atoms with Gasteiger partial charge in [0.2, 0.25) is 11.8 Å². The summed E-state index contributed by atoms with van der Waals surface area (Å²) < 4.78 is 0.905. The van der Waals surface area contributed by atoms with Crippen LogP contribution in [0.3, 0.4) is 0 Å². The van der Waals surface area contributed by atoms with Crippen molar-refractivity contribution in [1.29, 1.82) is 0 Å². The number of anilines is 2. The summed E-state index contributed by atoms with van der Waals surface area (Å²) in [4.78, 5) is 25.9. The highest BCUT2D eigenvalue weighted by Crippen LogP contribution is 2.22. The van der Waals surface area contributed by atoms with Crippen molar-refractivity contribution >= 4 is 39.1 Å². The Morgan fingerprint density at radius 1 is 1.12 bits per heavy atom. The average Bonchev–Trinajstić information content (AvgIpc) is 2.55. The van der Waals surface area contributed by atoms with E-state index in [1.165, 1.54) is 6.92 Å². The Kier molecular flexibility index (Phi) is 6.55. The van der Waals surface area contributed by atoms with Gasteiger partial charge in [-0.25, -0.2) is 0 Å². The number of amides is 2. The molecule has 0 unspecified atom stereocenters. The van der Waals surface area contributed by atoms with Crippen LogP contribution in [0.5, 0.6) is 0 Å². The molecule has 0 fully saturated rings. The number of carbonyl (C=O) groups excluding carboxylic acids is 2. The molecule has 0 saturated heterocycles. The molecule has 4 nitrogen and oxygen atoms in total. The first-order chi connectivity index (χ1) is 11.5. The Labute approximate surface area is 151 Å². The fourth-order valence-electron chi connectivity index (χ4n) is 2.52. The fourth-order valence-corrected chi connectivity index (χ4v) is 2.92. The summed E-state index contributed by atoms with van der Waals surface area (Å²) in [5.74, 6) is -0.181. The molecule has 0 atom stereocenters. The van der Waals surface area contributed by atoms with Gasteiger partial charge in [0.25, 0.3) is 0 Å². The standard InChI is InChI=1S/C19H21BrN2O2/c1-3-15-7-4-5-10-18(15)22(14(2)23)12-11-19(24)21-17-9-6-8-16(20)13-17/h4-10,13H,3,11-12H2,1-2H3,(H,21,24). The molecule has 2 aromatic rings. The third-order valence-electron chi connectivity index (χ3n) is 3.71. The van der Waals surface area contributed by atoms with Gasteiger partial charge < -0.3 is 10.2 Å². The lowest BCUT2D eigenvalue weighted by atomic mass is 10.1. The van der Waals surface area contributed by atoms with Crippen molar-refractivity contribution in [2.45, 2.75) is 26.7 Å². The van der Waals surface area contributed by atoms with Gasteiger partial charge in [0.15, 0.2) is 0 Å². The molecule has 1 N–H and O–H groups in total. The highest BCUT2D eigenvalue weighted by atomic mass is 79.9. The molecule has 0 saturated carbocycles. The summed E-state index contributed by atoms with van der Waals surface area (Å²) in [6, 6.07) is 15.2. The zero-order valence-corrected chi connectivity index (χ0v) is 15.5. The van der Waals surface area contributed by atoms with Gasteiger partial charge >= 0.3 is 0 Å². The van der Waals surface area contributed by atoms with Crippen LogP contribution in [0.1, 0.15) is 25.8 Å². The summed E-state index contributed by atoms with van der Waals surface area (Å²) in [5, 5.41) is 2.85. The Balaban J connectivity index is 2.04. The van der Waals surface area contributed by atoms with E-state index in [1.807, 2.05) is 48.5 Å². The Bertz CT molecular complexity index is 731. The number of hydrogen-bond donors (Lipinski definition) is 1. The average molecular weight is 389 g/mol. The maximum absolute atomic E-state index is 12.2. The van der Waals surface area contributed by atoms with Crippen LogP contribution < -0.4 is 10.2 Å². The summed E-state index contributed by atoms with van der Waals surface area (Å²) in [6.07, 6.45) is 1.08. The van der Waals surface area contributed by atoms with Crippen LogP contribution >= 0.6 is 15.9 Å². The number of carbonyl (C=O) groups is 2. The van der Waals surface area contributed by atoms with Gasteiger partial charge in [-0.3, -0.25) is 9.59 Å². The quantitative estimate of drug-likeness (QED) is 0.797. The number of halogens is 1. The first-order valence-corrected chi connectivity index (χ1v) is 8.72. The fraction of sp³-hybridized carbons (Fsp3) is 0.263. The van der Waals surface area contributed by atoms with E-state index in [0.717, 1.165) is 27.8 Å². The summed E-state index contributed by atoms with van der Waals surface area (Å²) in [7, 11) is 0. The highest BCUT2D eigenvalue weighted by molar-refractivity contribution is 9.10. The Hall–Kier alpha value is -2.14. The number of nitrogens with one attached hydrogen (secondary N) is 1. The van der Waals surface area contributed by atoms with Gasteiger partial charge in [0, 0.05) is 35.7 Å². The van der Waals surface area contributed by atoms with Gasteiger partial charge in [0.05, 0.1) is 0 Å². The molecule has 126 valence electrons. The molecule has 0 bridgehead atoms. The van der Waals surface area contributed by atoms with E-state index >= 15 is 0 Å². The smallest absolute Gasteiger partial charge is 0.226 e. The molecule has 0 aromatic heterocycles. The predicted molar refractivity (Wildman–Crippen MR) is 101 cm³/mol. The van der Waals surface area contributed by atoms with Crippen molar-refractivity contribution in [2.75, 3.05) is 16.8 Å². The van der Waals surface area contributed by atoms with Crippen molar-refractivity contribution in [3.8, 4) is 0 Å². The van der Waals surface area contributed by atoms with Crippen molar-refractivity contribution < 1.29 is 9.59 Å². The minimum Gasteiger partial charge on any atom is -0.326 e. The third-order valence-corrected chi connectivity index (χ3v) is 4.21. The largest absolute Gasteiger partial charge is 0.326 e. The molecule has 5 heteroatoms. The van der Waals surface area contributed by atoms with E-state index in [1.54, 1.807) is 4.90 Å². The monoisotopic (exact) mass is 388 g/mol. The van der Waals surface area contributed by atoms with Crippen LogP contribution in [0.2, 0.25) is 0 Å². The minimum atomic E-state index is -0.117. The van der Waals surface area contributed by atoms with Crippen LogP contribution in [0.4, 0.5) is 11.4 Å². The normalized spacial score (nSPS) is 10.3. The number of aryl methyl sites for hydroxylation is 1. The molecule has 0 aliphatic heterocycles. The molecular formula is C19H21BrN2O2. The van der Waals surface area contributed by atoms with E-state index in [0.29, 0.717) is 6.54 Å². The maximum Gasteiger partial charge on any atom is 0.226 e. The topological polar surface area (TPSA) is 49.4 Å². The highest BCUT2D eigenvalue weighted by Gasteiger charge is 2.16. The lowest BCUT2D eigenvalue weighted by molar-refractivity contribution is -0.117. The van der Waals surface area contributed by atoms with Crippen molar-refractivity contribution in [2.24, 2.45) is 0 Å². The number of hydrogen-bond acceptors (Lipinski definition) is 2. The van der Waals surface area contributed by atoms with Gasteiger partial charge in [-0.15, -0.1) is 0 Å². The summed E-state index contributed by atoms with van der Waals surface area (Å²) >= 11 is 3.38. The molecule has 0 aliphatic carbocycles. The molecule has 0 heterocycles. The molecule has 2 rings (SSSR count). The lowest BCUT2D eigenvalue weighted by Gasteiger charge is -2.23. The third kappa shape index (κ3) is 4.93. The molecule has 0 aliphatic rings.